The first-order chi connectivity index (χ1) is 9.32. The number of nitrogens with one attached hydrogen (secondary N) is 1. The predicted octanol–water partition coefficient (Wildman–Crippen LogP) is -1.19. The molecule has 1 aliphatic heterocycles. The summed E-state index contributed by atoms with van der Waals surface area (Å²) in [6, 6.07) is -0.608. The van der Waals surface area contributed by atoms with Crippen molar-refractivity contribution in [3.8, 4) is 0 Å². The molecular weight excluding hydrogens is 260 g/mol. The van der Waals surface area contributed by atoms with Gasteiger partial charge in [-0.05, 0) is 18.8 Å². The lowest BCUT2D eigenvalue weighted by atomic mass is 9.96. The van der Waals surface area contributed by atoms with E-state index in [-0.39, 0.29) is 36.1 Å². The molecule has 0 aromatic rings. The quantitative estimate of drug-likeness (QED) is 0.588. The monoisotopic (exact) mass is 284 g/mol. The van der Waals surface area contributed by atoms with E-state index in [4.69, 9.17) is 11.5 Å². The molecule has 1 fully saturated rings. The van der Waals surface area contributed by atoms with E-state index < -0.39 is 6.04 Å². The number of amides is 3. The SMILES string of the molecule is CC(C)[C@H](N)C(=O)NCC(=O)N1CCC(C(N)=O)CC1. The van der Waals surface area contributed by atoms with Crippen molar-refractivity contribution in [1.29, 1.82) is 0 Å². The molecule has 1 atom stereocenters. The van der Waals surface area contributed by atoms with Crippen molar-refractivity contribution in [1.82, 2.24) is 10.2 Å². The van der Waals surface area contributed by atoms with E-state index in [2.05, 4.69) is 5.32 Å². The lowest BCUT2D eigenvalue weighted by Crippen LogP contribution is -2.49. The third-order valence-corrected chi connectivity index (χ3v) is 3.68. The van der Waals surface area contributed by atoms with Crippen molar-refractivity contribution < 1.29 is 14.4 Å². The van der Waals surface area contributed by atoms with Gasteiger partial charge >= 0.3 is 0 Å². The van der Waals surface area contributed by atoms with Gasteiger partial charge in [0.2, 0.25) is 17.7 Å². The zero-order chi connectivity index (χ0) is 15.3. The summed E-state index contributed by atoms with van der Waals surface area (Å²) in [6.45, 7) is 4.64. The zero-order valence-corrected chi connectivity index (χ0v) is 12.1. The summed E-state index contributed by atoms with van der Waals surface area (Å²) >= 11 is 0. The molecule has 0 aliphatic carbocycles. The highest BCUT2D eigenvalue weighted by Crippen LogP contribution is 2.16. The number of piperidine rings is 1. The average molecular weight is 284 g/mol. The highest BCUT2D eigenvalue weighted by Gasteiger charge is 2.26. The minimum Gasteiger partial charge on any atom is -0.369 e. The lowest BCUT2D eigenvalue weighted by molar-refractivity contribution is -0.135. The number of hydrogen-bond donors (Lipinski definition) is 3. The molecule has 1 rings (SSSR count). The first-order valence-electron chi connectivity index (χ1n) is 6.93. The smallest absolute Gasteiger partial charge is 0.241 e. The van der Waals surface area contributed by atoms with Gasteiger partial charge in [0.25, 0.3) is 0 Å². The second kappa shape index (κ2) is 7.23. The Kier molecular flexibility index (Phi) is 5.94. The Labute approximate surface area is 119 Å². The number of primary amides is 1. The van der Waals surface area contributed by atoms with Gasteiger partial charge in [-0.15, -0.1) is 0 Å². The molecule has 0 aromatic carbocycles. The first kappa shape index (κ1) is 16.4. The summed E-state index contributed by atoms with van der Waals surface area (Å²) in [5.41, 5.74) is 10.9. The second-order valence-corrected chi connectivity index (χ2v) is 5.55. The zero-order valence-electron chi connectivity index (χ0n) is 12.1. The molecule has 0 bridgehead atoms. The fraction of sp³-hybridized carbons (Fsp3) is 0.769. The van der Waals surface area contributed by atoms with Gasteiger partial charge in [0.1, 0.15) is 0 Å². The van der Waals surface area contributed by atoms with Gasteiger partial charge in [0.15, 0.2) is 0 Å². The number of carbonyl (C=O) groups is 3. The summed E-state index contributed by atoms with van der Waals surface area (Å²) < 4.78 is 0. The van der Waals surface area contributed by atoms with E-state index in [1.165, 1.54) is 0 Å². The van der Waals surface area contributed by atoms with E-state index in [1.54, 1.807) is 4.90 Å². The van der Waals surface area contributed by atoms with Crippen LogP contribution in [0.3, 0.4) is 0 Å². The molecule has 0 aromatic heterocycles. The highest BCUT2D eigenvalue weighted by molar-refractivity contribution is 5.87. The van der Waals surface area contributed by atoms with Crippen molar-refractivity contribution in [3.63, 3.8) is 0 Å². The molecule has 7 nitrogen and oxygen atoms in total. The van der Waals surface area contributed by atoms with E-state index in [0.29, 0.717) is 25.9 Å². The van der Waals surface area contributed by atoms with Crippen LogP contribution in [0, 0.1) is 11.8 Å². The molecule has 5 N–H and O–H groups in total. The number of hydrogen-bond acceptors (Lipinski definition) is 4. The van der Waals surface area contributed by atoms with Gasteiger partial charge in [-0.1, -0.05) is 13.8 Å². The number of nitrogens with zero attached hydrogens (tertiary/aromatic N) is 1. The van der Waals surface area contributed by atoms with Gasteiger partial charge in [-0.3, -0.25) is 14.4 Å². The number of carbonyl (C=O) groups excluding carboxylic acids is 3. The van der Waals surface area contributed by atoms with Gasteiger partial charge in [-0.2, -0.15) is 0 Å². The van der Waals surface area contributed by atoms with Crippen LogP contribution in [0.2, 0.25) is 0 Å². The topological polar surface area (TPSA) is 119 Å². The largest absolute Gasteiger partial charge is 0.369 e. The van der Waals surface area contributed by atoms with E-state index in [1.807, 2.05) is 13.8 Å². The summed E-state index contributed by atoms with van der Waals surface area (Å²) in [7, 11) is 0. The maximum Gasteiger partial charge on any atom is 0.241 e. The molecule has 1 saturated heterocycles. The molecular formula is C13H24N4O3. The molecule has 20 heavy (non-hydrogen) atoms. The number of likely N-dealkylation sites (tertiary alicyclic amines) is 1. The van der Waals surface area contributed by atoms with Crippen LogP contribution in [-0.4, -0.2) is 48.3 Å². The Morgan fingerprint density at radius 1 is 1.25 bits per heavy atom. The molecule has 0 radical (unpaired) electrons. The second-order valence-electron chi connectivity index (χ2n) is 5.55. The Morgan fingerprint density at radius 2 is 1.80 bits per heavy atom. The van der Waals surface area contributed by atoms with Crippen LogP contribution in [0.25, 0.3) is 0 Å². The molecule has 0 spiro atoms. The average Bonchev–Trinajstić information content (AvgIpc) is 2.43. The Balaban J connectivity index is 2.34. The maximum atomic E-state index is 11.9. The normalized spacial score (nSPS) is 17.9. The lowest BCUT2D eigenvalue weighted by Gasteiger charge is -2.30. The molecule has 7 heteroatoms. The fourth-order valence-electron chi connectivity index (χ4n) is 2.11. The van der Waals surface area contributed by atoms with Crippen LogP contribution >= 0.6 is 0 Å². The van der Waals surface area contributed by atoms with Crippen LogP contribution in [0.15, 0.2) is 0 Å². The van der Waals surface area contributed by atoms with Crippen LogP contribution in [0.5, 0.6) is 0 Å². The van der Waals surface area contributed by atoms with E-state index in [9.17, 15) is 14.4 Å². The van der Waals surface area contributed by atoms with Crippen molar-refractivity contribution in [2.75, 3.05) is 19.6 Å². The summed E-state index contributed by atoms with van der Waals surface area (Å²) in [5, 5.41) is 2.55. The number of nitrogens with two attached hydrogens (primary N) is 2. The standard InChI is InChI=1S/C13H24N4O3/c1-8(2)11(14)13(20)16-7-10(18)17-5-3-9(4-6-17)12(15)19/h8-9,11H,3-7,14H2,1-2H3,(H2,15,19)(H,16,20)/t11-/m0/s1. The number of rotatable bonds is 5. The molecule has 0 saturated carbocycles. The Morgan fingerprint density at radius 3 is 2.25 bits per heavy atom. The highest BCUT2D eigenvalue weighted by atomic mass is 16.2. The minimum absolute atomic E-state index is 0.0245. The Bertz CT molecular complexity index is 376. The summed E-state index contributed by atoms with van der Waals surface area (Å²) in [5.74, 6) is -0.912. The van der Waals surface area contributed by atoms with E-state index in [0.717, 1.165) is 0 Å². The summed E-state index contributed by atoms with van der Waals surface area (Å²) in [6.07, 6.45) is 1.17. The van der Waals surface area contributed by atoms with Gasteiger partial charge in [-0.25, -0.2) is 0 Å². The van der Waals surface area contributed by atoms with Crippen molar-refractivity contribution in [2.24, 2.45) is 23.3 Å². The third kappa shape index (κ3) is 4.48. The third-order valence-electron chi connectivity index (χ3n) is 3.68. The van der Waals surface area contributed by atoms with Gasteiger partial charge in [0, 0.05) is 19.0 Å². The predicted molar refractivity (Wildman–Crippen MR) is 74.3 cm³/mol. The van der Waals surface area contributed by atoms with Gasteiger partial charge in [0.05, 0.1) is 12.6 Å². The molecule has 1 heterocycles. The van der Waals surface area contributed by atoms with Crippen LogP contribution in [-0.2, 0) is 14.4 Å². The maximum absolute atomic E-state index is 11.9. The Hall–Kier alpha value is -1.63. The van der Waals surface area contributed by atoms with Crippen LogP contribution < -0.4 is 16.8 Å². The molecule has 0 unspecified atom stereocenters. The van der Waals surface area contributed by atoms with Crippen molar-refractivity contribution in [2.45, 2.75) is 32.7 Å². The molecule has 1 aliphatic rings. The van der Waals surface area contributed by atoms with Crippen molar-refractivity contribution >= 4 is 17.7 Å². The van der Waals surface area contributed by atoms with E-state index >= 15 is 0 Å². The van der Waals surface area contributed by atoms with Gasteiger partial charge < -0.3 is 21.7 Å². The van der Waals surface area contributed by atoms with Crippen molar-refractivity contribution in [3.05, 3.63) is 0 Å². The van der Waals surface area contributed by atoms with Crippen LogP contribution in [0.1, 0.15) is 26.7 Å². The minimum atomic E-state index is -0.608. The first-order valence-corrected chi connectivity index (χ1v) is 6.93. The molecule has 3 amide bonds. The van der Waals surface area contributed by atoms with Crippen LogP contribution in [0.4, 0.5) is 0 Å². The molecule has 114 valence electrons. The summed E-state index contributed by atoms with van der Waals surface area (Å²) in [4.78, 5) is 36.2. The fourth-order valence-corrected chi connectivity index (χ4v) is 2.11.